The van der Waals surface area contributed by atoms with Crippen LogP contribution in [0.15, 0.2) is 0 Å². The number of aliphatic carboxylic acids is 1. The van der Waals surface area contributed by atoms with Crippen molar-refractivity contribution in [2.24, 2.45) is 0 Å². The normalized spacial score (nSPS) is 23.4. The number of carbonyl (C=O) groups excluding carboxylic acids is 1. The smallest absolute Gasteiger partial charge is 0.410 e. The Hall–Kier alpha value is -1.26. The number of carboxylic acid groups (broad SMARTS) is 1. The summed E-state index contributed by atoms with van der Waals surface area (Å²) in [5.41, 5.74) is 0. The van der Waals surface area contributed by atoms with Crippen molar-refractivity contribution in [3.8, 4) is 0 Å². The molecule has 80 valence electrons. The molecule has 2 unspecified atom stereocenters. The van der Waals surface area contributed by atoms with Crippen molar-refractivity contribution in [2.45, 2.75) is 38.8 Å². The molecule has 0 aromatic rings. The molecular weight excluding hydrogens is 186 g/mol. The highest BCUT2D eigenvalue weighted by Crippen LogP contribution is 2.20. The Morgan fingerprint density at radius 1 is 1.79 bits per heavy atom. The molecule has 0 aliphatic carbocycles. The van der Waals surface area contributed by atoms with Crippen LogP contribution in [0.5, 0.6) is 0 Å². The molecule has 5 heteroatoms. The van der Waals surface area contributed by atoms with E-state index in [0.29, 0.717) is 0 Å². The number of hydrogen-bond acceptors (Lipinski definition) is 3. The standard InChI is InChI=1S/C9H15NO4/c1-3-6(2)10-7(4-8(11)12)5-14-9(10)13/h6-7H,3-5H2,1-2H3,(H,11,12). The molecule has 0 bridgehead atoms. The van der Waals surface area contributed by atoms with E-state index in [2.05, 4.69) is 0 Å². The van der Waals surface area contributed by atoms with Gasteiger partial charge in [-0.15, -0.1) is 0 Å². The van der Waals surface area contributed by atoms with Crippen molar-refractivity contribution < 1.29 is 19.4 Å². The van der Waals surface area contributed by atoms with Gasteiger partial charge in [0.05, 0.1) is 12.5 Å². The van der Waals surface area contributed by atoms with Gasteiger partial charge in [0.15, 0.2) is 0 Å². The van der Waals surface area contributed by atoms with Gasteiger partial charge in [0.2, 0.25) is 0 Å². The molecule has 1 aliphatic heterocycles. The summed E-state index contributed by atoms with van der Waals surface area (Å²) >= 11 is 0. The average molecular weight is 201 g/mol. The van der Waals surface area contributed by atoms with E-state index in [1.165, 1.54) is 4.90 Å². The highest BCUT2D eigenvalue weighted by Gasteiger charge is 2.36. The highest BCUT2D eigenvalue weighted by molar-refractivity contribution is 5.73. The molecule has 1 rings (SSSR count). The maximum Gasteiger partial charge on any atom is 0.410 e. The molecule has 14 heavy (non-hydrogen) atoms. The van der Waals surface area contributed by atoms with E-state index in [-0.39, 0.29) is 25.1 Å². The third-order valence-corrected chi connectivity index (χ3v) is 2.48. The van der Waals surface area contributed by atoms with E-state index in [1.54, 1.807) is 0 Å². The van der Waals surface area contributed by atoms with Gasteiger partial charge in [-0.3, -0.25) is 9.69 Å². The Labute approximate surface area is 82.6 Å². The van der Waals surface area contributed by atoms with Gasteiger partial charge in [-0.2, -0.15) is 0 Å². The second kappa shape index (κ2) is 4.30. The fraction of sp³-hybridized carbons (Fsp3) is 0.778. The van der Waals surface area contributed by atoms with Crippen LogP contribution < -0.4 is 0 Å². The third-order valence-electron chi connectivity index (χ3n) is 2.48. The van der Waals surface area contributed by atoms with Crippen LogP contribution in [0.1, 0.15) is 26.7 Å². The number of carbonyl (C=O) groups is 2. The zero-order valence-corrected chi connectivity index (χ0v) is 8.40. The zero-order valence-electron chi connectivity index (χ0n) is 8.40. The van der Waals surface area contributed by atoms with E-state index < -0.39 is 12.1 Å². The summed E-state index contributed by atoms with van der Waals surface area (Å²) in [6.07, 6.45) is 0.354. The molecule has 0 spiro atoms. The number of rotatable bonds is 4. The van der Waals surface area contributed by atoms with E-state index in [9.17, 15) is 9.59 Å². The molecule has 1 amide bonds. The number of carboxylic acids is 1. The van der Waals surface area contributed by atoms with Gasteiger partial charge >= 0.3 is 12.1 Å². The Bertz CT molecular complexity index is 241. The molecule has 1 heterocycles. The summed E-state index contributed by atoms with van der Waals surface area (Å²) in [7, 11) is 0. The quantitative estimate of drug-likeness (QED) is 0.739. The van der Waals surface area contributed by atoms with E-state index in [0.717, 1.165) is 6.42 Å². The summed E-state index contributed by atoms with van der Waals surface area (Å²) in [6, 6.07) is -0.274. The molecule has 5 nitrogen and oxygen atoms in total. The number of ether oxygens (including phenoxy) is 1. The monoisotopic (exact) mass is 201 g/mol. The molecule has 1 aliphatic rings. The maximum absolute atomic E-state index is 11.3. The van der Waals surface area contributed by atoms with Gasteiger partial charge in [-0.1, -0.05) is 6.92 Å². The van der Waals surface area contributed by atoms with Crippen molar-refractivity contribution in [3.05, 3.63) is 0 Å². The van der Waals surface area contributed by atoms with Gasteiger partial charge < -0.3 is 9.84 Å². The predicted molar refractivity (Wildman–Crippen MR) is 49.0 cm³/mol. The minimum Gasteiger partial charge on any atom is -0.481 e. The lowest BCUT2D eigenvalue weighted by molar-refractivity contribution is -0.138. The summed E-state index contributed by atoms with van der Waals surface area (Å²) < 4.78 is 4.83. The number of nitrogens with zero attached hydrogens (tertiary/aromatic N) is 1. The van der Waals surface area contributed by atoms with E-state index >= 15 is 0 Å². The minimum atomic E-state index is -0.901. The molecule has 0 aromatic heterocycles. The van der Waals surface area contributed by atoms with Crippen LogP contribution in [-0.4, -0.2) is 40.8 Å². The van der Waals surface area contributed by atoms with Crippen LogP contribution in [0, 0.1) is 0 Å². The molecule has 0 radical (unpaired) electrons. The highest BCUT2D eigenvalue weighted by atomic mass is 16.6. The topological polar surface area (TPSA) is 66.8 Å². The summed E-state index contributed by atoms with van der Waals surface area (Å²) in [5.74, 6) is -0.901. The largest absolute Gasteiger partial charge is 0.481 e. The van der Waals surface area contributed by atoms with Gasteiger partial charge in [0.1, 0.15) is 6.61 Å². The van der Waals surface area contributed by atoms with E-state index in [1.807, 2.05) is 13.8 Å². The van der Waals surface area contributed by atoms with E-state index in [4.69, 9.17) is 9.84 Å². The maximum atomic E-state index is 11.3. The zero-order chi connectivity index (χ0) is 10.7. The SMILES string of the molecule is CCC(C)N1C(=O)OCC1CC(=O)O. The second-order valence-electron chi connectivity index (χ2n) is 3.49. The van der Waals surface area contributed by atoms with Crippen molar-refractivity contribution in [3.63, 3.8) is 0 Å². The third kappa shape index (κ3) is 2.16. The lowest BCUT2D eigenvalue weighted by Crippen LogP contribution is -2.41. The van der Waals surface area contributed by atoms with Crippen molar-refractivity contribution in [1.82, 2.24) is 4.90 Å². The van der Waals surface area contributed by atoms with Crippen LogP contribution in [0.2, 0.25) is 0 Å². The summed E-state index contributed by atoms with van der Waals surface area (Å²) in [6.45, 7) is 4.03. The summed E-state index contributed by atoms with van der Waals surface area (Å²) in [5, 5.41) is 8.64. The van der Waals surface area contributed by atoms with Crippen LogP contribution in [0.3, 0.4) is 0 Å². The van der Waals surface area contributed by atoms with Gasteiger partial charge in [0.25, 0.3) is 0 Å². The van der Waals surface area contributed by atoms with Crippen molar-refractivity contribution in [2.75, 3.05) is 6.61 Å². The number of amides is 1. The van der Waals surface area contributed by atoms with Crippen molar-refractivity contribution in [1.29, 1.82) is 0 Å². The van der Waals surface area contributed by atoms with Crippen LogP contribution >= 0.6 is 0 Å². The first-order chi connectivity index (χ1) is 6.56. The van der Waals surface area contributed by atoms with Crippen LogP contribution in [0.4, 0.5) is 4.79 Å². The molecule has 0 aromatic carbocycles. The first-order valence-electron chi connectivity index (χ1n) is 4.73. The Morgan fingerprint density at radius 2 is 2.43 bits per heavy atom. The first kappa shape index (κ1) is 10.8. The molecule has 0 saturated carbocycles. The lowest BCUT2D eigenvalue weighted by Gasteiger charge is -2.25. The van der Waals surface area contributed by atoms with Crippen LogP contribution in [0.25, 0.3) is 0 Å². The van der Waals surface area contributed by atoms with Crippen LogP contribution in [-0.2, 0) is 9.53 Å². The van der Waals surface area contributed by atoms with Gasteiger partial charge in [-0.05, 0) is 13.3 Å². The molecule has 2 atom stereocenters. The molecule has 1 saturated heterocycles. The molecule has 1 N–H and O–H groups in total. The lowest BCUT2D eigenvalue weighted by atomic mass is 10.1. The van der Waals surface area contributed by atoms with Gasteiger partial charge in [-0.25, -0.2) is 4.79 Å². The van der Waals surface area contributed by atoms with Gasteiger partial charge in [0, 0.05) is 6.04 Å². The Balaban J connectivity index is 2.66. The summed E-state index contributed by atoms with van der Waals surface area (Å²) in [4.78, 5) is 23.3. The fourth-order valence-corrected chi connectivity index (χ4v) is 1.57. The molecular formula is C9H15NO4. The minimum absolute atomic E-state index is 0.0364. The Morgan fingerprint density at radius 3 is 2.93 bits per heavy atom. The number of hydrogen-bond donors (Lipinski definition) is 1. The second-order valence-corrected chi connectivity index (χ2v) is 3.49. The predicted octanol–water partition coefficient (Wildman–Crippen LogP) is 1.08. The Kier molecular flexibility index (Phi) is 3.33. The fourth-order valence-electron chi connectivity index (χ4n) is 1.57. The number of cyclic esters (lactones) is 1. The molecule has 1 fully saturated rings. The van der Waals surface area contributed by atoms with Crippen molar-refractivity contribution >= 4 is 12.1 Å². The average Bonchev–Trinajstić information content (AvgIpc) is 2.45. The first-order valence-corrected chi connectivity index (χ1v) is 4.73.